The zero-order valence-electron chi connectivity index (χ0n) is 14.8. The van der Waals surface area contributed by atoms with E-state index in [9.17, 15) is 9.59 Å². The molecule has 0 radical (unpaired) electrons. The van der Waals surface area contributed by atoms with Crippen LogP contribution in [0.4, 0.5) is 11.4 Å². The van der Waals surface area contributed by atoms with Gasteiger partial charge in [0.1, 0.15) is 0 Å². The fraction of sp³-hybridized carbons (Fsp3) is 0.300. The Kier molecular flexibility index (Phi) is 6.65. The van der Waals surface area contributed by atoms with Crippen molar-refractivity contribution in [3.8, 4) is 0 Å². The number of rotatable bonds is 6. The summed E-state index contributed by atoms with van der Waals surface area (Å²) in [5.41, 5.74) is 1.49. The fourth-order valence-corrected chi connectivity index (χ4v) is 2.97. The lowest BCUT2D eigenvalue weighted by atomic mass is 9.92. The minimum Gasteiger partial charge on any atom is -0.326 e. The molecule has 0 bridgehead atoms. The predicted molar refractivity (Wildman–Crippen MR) is 105 cm³/mol. The van der Waals surface area contributed by atoms with Crippen molar-refractivity contribution in [2.45, 2.75) is 32.1 Å². The van der Waals surface area contributed by atoms with E-state index in [-0.39, 0.29) is 17.2 Å². The summed E-state index contributed by atoms with van der Waals surface area (Å²) in [6.07, 6.45) is 0.462. The van der Waals surface area contributed by atoms with Crippen molar-refractivity contribution >= 4 is 35.0 Å². The molecule has 0 unspecified atom stereocenters. The van der Waals surface area contributed by atoms with Gasteiger partial charge in [0.15, 0.2) is 0 Å². The molecule has 0 aliphatic rings. The molecule has 25 heavy (non-hydrogen) atoms. The molecule has 0 aliphatic carbocycles. The van der Waals surface area contributed by atoms with Crippen LogP contribution in [0, 0.1) is 5.41 Å². The molecule has 0 saturated carbocycles. The lowest BCUT2D eigenvalue weighted by molar-refractivity contribution is -0.118. The number of thioether (sulfide) groups is 1. The van der Waals surface area contributed by atoms with Crippen LogP contribution in [0.25, 0.3) is 0 Å². The number of benzene rings is 2. The van der Waals surface area contributed by atoms with Gasteiger partial charge in [-0.2, -0.15) is 0 Å². The van der Waals surface area contributed by atoms with Crippen molar-refractivity contribution in [2.75, 3.05) is 16.4 Å². The summed E-state index contributed by atoms with van der Waals surface area (Å²) in [6, 6.07) is 16.9. The largest absolute Gasteiger partial charge is 0.326 e. The minimum atomic E-state index is -0.0571. The first-order valence-corrected chi connectivity index (χ1v) is 9.18. The van der Waals surface area contributed by atoms with E-state index < -0.39 is 0 Å². The molecule has 0 aromatic heterocycles. The summed E-state index contributed by atoms with van der Waals surface area (Å²) in [5, 5.41) is 5.77. The van der Waals surface area contributed by atoms with Crippen molar-refractivity contribution in [1.82, 2.24) is 0 Å². The maximum atomic E-state index is 12.0. The number of para-hydroxylation sites is 1. The smallest absolute Gasteiger partial charge is 0.234 e. The monoisotopic (exact) mass is 356 g/mol. The summed E-state index contributed by atoms with van der Waals surface area (Å²) in [6.45, 7) is 6.10. The minimum absolute atomic E-state index is 0.00327. The van der Waals surface area contributed by atoms with Crippen LogP contribution in [0.15, 0.2) is 59.5 Å². The zero-order chi connectivity index (χ0) is 18.3. The Hall–Kier alpha value is -2.27. The van der Waals surface area contributed by atoms with Crippen LogP contribution in [-0.2, 0) is 9.59 Å². The Bertz CT molecular complexity index is 724. The van der Waals surface area contributed by atoms with Gasteiger partial charge in [0.25, 0.3) is 0 Å². The van der Waals surface area contributed by atoms with E-state index in [1.165, 1.54) is 11.8 Å². The van der Waals surface area contributed by atoms with Gasteiger partial charge in [0.2, 0.25) is 11.8 Å². The molecule has 132 valence electrons. The standard InChI is InChI=1S/C20H24N2O2S/c1-20(2,3)13-18(23)22-16-10-7-11-17(12-16)25-14-19(24)21-15-8-5-4-6-9-15/h4-12H,13-14H2,1-3H3,(H,21,24)(H,22,23). The van der Waals surface area contributed by atoms with Crippen molar-refractivity contribution < 1.29 is 9.59 Å². The van der Waals surface area contributed by atoms with Crippen molar-refractivity contribution in [3.05, 3.63) is 54.6 Å². The highest BCUT2D eigenvalue weighted by molar-refractivity contribution is 8.00. The molecule has 0 atom stereocenters. The number of hydrogen-bond donors (Lipinski definition) is 2. The first kappa shape index (κ1) is 19.1. The molecule has 0 heterocycles. The van der Waals surface area contributed by atoms with Gasteiger partial charge in [-0.1, -0.05) is 45.0 Å². The molecule has 0 spiro atoms. The van der Waals surface area contributed by atoms with Gasteiger partial charge >= 0.3 is 0 Å². The Morgan fingerprint density at radius 2 is 1.52 bits per heavy atom. The third-order valence-corrected chi connectivity index (χ3v) is 4.23. The molecule has 2 rings (SSSR count). The van der Waals surface area contributed by atoms with Gasteiger partial charge in [-0.05, 0) is 35.7 Å². The van der Waals surface area contributed by atoms with E-state index in [4.69, 9.17) is 0 Å². The van der Waals surface area contributed by atoms with Crippen LogP contribution >= 0.6 is 11.8 Å². The Morgan fingerprint density at radius 3 is 2.20 bits per heavy atom. The molecular formula is C20H24N2O2S. The van der Waals surface area contributed by atoms with Crippen LogP contribution in [0.2, 0.25) is 0 Å². The van der Waals surface area contributed by atoms with Gasteiger partial charge in [-0.15, -0.1) is 11.8 Å². The number of hydrogen-bond acceptors (Lipinski definition) is 3. The summed E-state index contributed by atoms with van der Waals surface area (Å²) in [7, 11) is 0. The Balaban J connectivity index is 1.86. The molecule has 2 aromatic carbocycles. The molecule has 2 amide bonds. The summed E-state index contributed by atoms with van der Waals surface area (Å²) in [4.78, 5) is 25.0. The summed E-state index contributed by atoms with van der Waals surface area (Å²) < 4.78 is 0. The first-order valence-electron chi connectivity index (χ1n) is 8.19. The SMILES string of the molecule is CC(C)(C)CC(=O)Nc1cccc(SCC(=O)Nc2ccccc2)c1. The molecule has 0 saturated heterocycles. The third-order valence-electron chi connectivity index (χ3n) is 3.24. The van der Waals surface area contributed by atoms with Crippen LogP contribution in [0.3, 0.4) is 0 Å². The van der Waals surface area contributed by atoms with Gasteiger partial charge in [0, 0.05) is 22.7 Å². The number of carbonyl (C=O) groups excluding carboxylic acids is 2. The lowest BCUT2D eigenvalue weighted by Gasteiger charge is -2.17. The maximum absolute atomic E-state index is 12.0. The zero-order valence-corrected chi connectivity index (χ0v) is 15.7. The quantitative estimate of drug-likeness (QED) is 0.732. The molecule has 2 N–H and O–H groups in total. The highest BCUT2D eigenvalue weighted by Gasteiger charge is 2.16. The van der Waals surface area contributed by atoms with Crippen LogP contribution in [-0.4, -0.2) is 17.6 Å². The van der Waals surface area contributed by atoms with Crippen LogP contribution < -0.4 is 10.6 Å². The molecular weight excluding hydrogens is 332 g/mol. The van der Waals surface area contributed by atoms with E-state index >= 15 is 0 Å². The molecule has 2 aromatic rings. The van der Waals surface area contributed by atoms with Crippen molar-refractivity contribution in [1.29, 1.82) is 0 Å². The number of carbonyl (C=O) groups is 2. The Labute approximate surface area is 153 Å². The molecule has 0 aliphatic heterocycles. The number of nitrogens with one attached hydrogen (secondary N) is 2. The fourth-order valence-electron chi connectivity index (χ4n) is 2.22. The number of amides is 2. The van der Waals surface area contributed by atoms with Gasteiger partial charge in [-0.25, -0.2) is 0 Å². The van der Waals surface area contributed by atoms with Crippen molar-refractivity contribution in [2.24, 2.45) is 5.41 Å². The topological polar surface area (TPSA) is 58.2 Å². The van der Waals surface area contributed by atoms with Gasteiger partial charge < -0.3 is 10.6 Å². The van der Waals surface area contributed by atoms with Gasteiger partial charge in [0.05, 0.1) is 5.75 Å². The first-order chi connectivity index (χ1) is 11.8. The number of anilines is 2. The normalized spacial score (nSPS) is 11.0. The second-order valence-electron chi connectivity index (χ2n) is 7.02. The summed E-state index contributed by atoms with van der Waals surface area (Å²) >= 11 is 1.44. The highest BCUT2D eigenvalue weighted by Crippen LogP contribution is 2.23. The third kappa shape index (κ3) is 7.44. The van der Waals surface area contributed by atoms with E-state index in [0.29, 0.717) is 12.2 Å². The van der Waals surface area contributed by atoms with Crippen LogP contribution in [0.5, 0.6) is 0 Å². The van der Waals surface area contributed by atoms with E-state index in [2.05, 4.69) is 10.6 Å². The average molecular weight is 356 g/mol. The average Bonchev–Trinajstić information content (AvgIpc) is 2.52. The summed E-state index contributed by atoms with van der Waals surface area (Å²) in [5.74, 6) is 0.253. The van der Waals surface area contributed by atoms with E-state index in [1.807, 2.05) is 75.4 Å². The molecule has 5 heteroatoms. The highest BCUT2D eigenvalue weighted by atomic mass is 32.2. The van der Waals surface area contributed by atoms with E-state index in [1.54, 1.807) is 0 Å². The van der Waals surface area contributed by atoms with Crippen LogP contribution in [0.1, 0.15) is 27.2 Å². The van der Waals surface area contributed by atoms with Crippen molar-refractivity contribution in [3.63, 3.8) is 0 Å². The molecule has 4 nitrogen and oxygen atoms in total. The molecule has 0 fully saturated rings. The maximum Gasteiger partial charge on any atom is 0.234 e. The predicted octanol–water partition coefficient (Wildman–Crippen LogP) is 4.79. The van der Waals surface area contributed by atoms with Gasteiger partial charge in [-0.3, -0.25) is 9.59 Å². The lowest BCUT2D eigenvalue weighted by Crippen LogP contribution is -2.19. The Morgan fingerprint density at radius 1 is 0.880 bits per heavy atom. The second-order valence-corrected chi connectivity index (χ2v) is 8.07. The van der Waals surface area contributed by atoms with E-state index in [0.717, 1.165) is 16.3 Å². The second kappa shape index (κ2) is 8.72.